The average molecular weight is 504 g/mol. The largest absolute Gasteiger partial charge is 0.507 e. The maximum absolute atomic E-state index is 12.9. The summed E-state index contributed by atoms with van der Waals surface area (Å²) in [6, 6.07) is 12.1. The highest BCUT2D eigenvalue weighted by atomic mass is 79.9. The number of likely N-dealkylation sites (tertiary alicyclic amines) is 1. The molecule has 2 N–H and O–H groups in total. The first-order chi connectivity index (χ1) is 15.4. The molecule has 9 heteroatoms. The second-order valence-electron chi connectivity index (χ2n) is 6.95. The number of methoxy groups -OCH3 is 1. The van der Waals surface area contributed by atoms with Crippen molar-refractivity contribution in [1.29, 1.82) is 0 Å². The number of halogens is 1. The van der Waals surface area contributed by atoms with Gasteiger partial charge in [-0.2, -0.15) is 0 Å². The van der Waals surface area contributed by atoms with E-state index in [-0.39, 0.29) is 37.7 Å². The molecule has 1 fully saturated rings. The number of ether oxygens (including phenoxy) is 2. The number of carbonyl (C=O) groups excluding carboxylic acids is 3. The van der Waals surface area contributed by atoms with Gasteiger partial charge in [0.05, 0.1) is 44.1 Å². The predicted octanol–water partition coefficient (Wildman–Crippen LogP) is 2.67. The fraction of sp³-hybridized carbons (Fsp3) is 0.261. The molecule has 0 saturated carbocycles. The van der Waals surface area contributed by atoms with Gasteiger partial charge in [-0.1, -0.05) is 40.2 Å². The molecular formula is C23H22BrNO7. The second kappa shape index (κ2) is 10.5. The number of esters is 1. The van der Waals surface area contributed by atoms with Crippen molar-refractivity contribution in [3.05, 3.63) is 75.3 Å². The van der Waals surface area contributed by atoms with Gasteiger partial charge in [-0.05, 0) is 29.8 Å². The zero-order chi connectivity index (χ0) is 23.3. The van der Waals surface area contributed by atoms with Crippen LogP contribution in [0.5, 0.6) is 0 Å². The number of hydrogen-bond acceptors (Lipinski definition) is 7. The van der Waals surface area contributed by atoms with Gasteiger partial charge in [-0.25, -0.2) is 4.79 Å². The molecule has 0 aliphatic carbocycles. The first kappa shape index (κ1) is 23.6. The summed E-state index contributed by atoms with van der Waals surface area (Å²) < 4.78 is 10.8. The van der Waals surface area contributed by atoms with Gasteiger partial charge in [-0.3, -0.25) is 9.59 Å². The highest BCUT2D eigenvalue weighted by molar-refractivity contribution is 9.10. The molecule has 3 rings (SSSR count). The molecule has 1 unspecified atom stereocenters. The molecule has 2 aromatic carbocycles. The van der Waals surface area contributed by atoms with Crippen LogP contribution >= 0.6 is 15.9 Å². The summed E-state index contributed by atoms with van der Waals surface area (Å²) in [5.74, 6) is -2.39. The van der Waals surface area contributed by atoms with Crippen LogP contribution < -0.4 is 0 Å². The number of ketones is 1. The van der Waals surface area contributed by atoms with Crippen molar-refractivity contribution in [3.63, 3.8) is 0 Å². The zero-order valence-electron chi connectivity index (χ0n) is 17.3. The Morgan fingerprint density at radius 2 is 1.66 bits per heavy atom. The average Bonchev–Trinajstić information content (AvgIpc) is 3.06. The lowest BCUT2D eigenvalue weighted by Crippen LogP contribution is -2.33. The molecule has 0 bridgehead atoms. The highest BCUT2D eigenvalue weighted by Gasteiger charge is 2.45. The van der Waals surface area contributed by atoms with Crippen molar-refractivity contribution < 1.29 is 34.1 Å². The number of aliphatic hydroxyl groups is 2. The molecule has 2 aromatic rings. The summed E-state index contributed by atoms with van der Waals surface area (Å²) in [4.78, 5) is 38.8. The van der Waals surface area contributed by atoms with Crippen LogP contribution in [-0.4, -0.2) is 66.2 Å². The van der Waals surface area contributed by atoms with E-state index in [0.29, 0.717) is 16.7 Å². The lowest BCUT2D eigenvalue weighted by atomic mass is 9.94. The van der Waals surface area contributed by atoms with Crippen LogP contribution in [0.15, 0.2) is 58.6 Å². The van der Waals surface area contributed by atoms with Crippen LogP contribution in [0.3, 0.4) is 0 Å². The summed E-state index contributed by atoms with van der Waals surface area (Å²) in [5, 5.41) is 19.9. The van der Waals surface area contributed by atoms with E-state index in [9.17, 15) is 19.5 Å². The molecule has 1 heterocycles. The molecule has 1 atom stereocenters. The summed E-state index contributed by atoms with van der Waals surface area (Å²) in [5.41, 5.74) is 1.19. The molecule has 0 aromatic heterocycles. The van der Waals surface area contributed by atoms with Crippen LogP contribution in [0.2, 0.25) is 0 Å². The van der Waals surface area contributed by atoms with E-state index >= 15 is 0 Å². The van der Waals surface area contributed by atoms with Crippen LogP contribution in [-0.2, 0) is 19.1 Å². The number of hydrogen-bond donors (Lipinski definition) is 2. The second-order valence-corrected chi connectivity index (χ2v) is 7.86. The van der Waals surface area contributed by atoms with E-state index in [1.165, 1.54) is 24.1 Å². The topological polar surface area (TPSA) is 113 Å². The molecular weight excluding hydrogens is 482 g/mol. The molecule has 1 aliphatic heterocycles. The lowest BCUT2D eigenvalue weighted by Gasteiger charge is -2.25. The number of Topliss-reactive ketones (excluding diaryl/α,β-unsaturated/α-hetero) is 1. The van der Waals surface area contributed by atoms with E-state index in [1.807, 2.05) is 0 Å². The minimum atomic E-state index is -0.872. The third-order valence-corrected chi connectivity index (χ3v) is 5.55. The van der Waals surface area contributed by atoms with E-state index in [4.69, 9.17) is 14.6 Å². The summed E-state index contributed by atoms with van der Waals surface area (Å²) >= 11 is 3.33. The highest BCUT2D eigenvalue weighted by Crippen LogP contribution is 2.39. The van der Waals surface area contributed by atoms with Crippen molar-refractivity contribution >= 4 is 39.3 Å². The van der Waals surface area contributed by atoms with E-state index in [2.05, 4.69) is 15.9 Å². The third kappa shape index (κ3) is 4.90. The predicted molar refractivity (Wildman–Crippen MR) is 119 cm³/mol. The Balaban J connectivity index is 2.06. The van der Waals surface area contributed by atoms with Crippen LogP contribution in [0.1, 0.15) is 27.5 Å². The monoisotopic (exact) mass is 503 g/mol. The Hall–Kier alpha value is -3.01. The molecule has 8 nitrogen and oxygen atoms in total. The summed E-state index contributed by atoms with van der Waals surface area (Å²) in [6.07, 6.45) is 0. The maximum Gasteiger partial charge on any atom is 0.337 e. The van der Waals surface area contributed by atoms with Gasteiger partial charge in [0.1, 0.15) is 5.76 Å². The van der Waals surface area contributed by atoms with Crippen LogP contribution in [0.4, 0.5) is 0 Å². The van der Waals surface area contributed by atoms with Gasteiger partial charge in [0.15, 0.2) is 0 Å². The van der Waals surface area contributed by atoms with Gasteiger partial charge in [-0.15, -0.1) is 0 Å². The SMILES string of the molecule is COC(=O)c1ccc(C2/C(=C(\O)c3ccc(Br)cc3)C(=O)C(=O)N2CCOCCO)cc1. The van der Waals surface area contributed by atoms with Crippen molar-refractivity contribution in [2.45, 2.75) is 6.04 Å². The molecule has 168 valence electrons. The van der Waals surface area contributed by atoms with Gasteiger partial charge in [0, 0.05) is 16.6 Å². The minimum absolute atomic E-state index is 0.0506. The Kier molecular flexibility index (Phi) is 7.79. The maximum atomic E-state index is 12.9. The third-order valence-electron chi connectivity index (χ3n) is 5.02. The first-order valence-corrected chi connectivity index (χ1v) is 10.6. The van der Waals surface area contributed by atoms with Gasteiger partial charge in [0.25, 0.3) is 11.7 Å². The van der Waals surface area contributed by atoms with Crippen molar-refractivity contribution in [1.82, 2.24) is 4.90 Å². The van der Waals surface area contributed by atoms with Crippen LogP contribution in [0.25, 0.3) is 5.76 Å². The lowest BCUT2D eigenvalue weighted by molar-refractivity contribution is -0.140. The molecule has 1 amide bonds. The molecule has 0 spiro atoms. The number of amides is 1. The van der Waals surface area contributed by atoms with E-state index in [1.54, 1.807) is 36.4 Å². The van der Waals surface area contributed by atoms with Crippen molar-refractivity contribution in [2.75, 3.05) is 33.5 Å². The Morgan fingerprint density at radius 1 is 1.03 bits per heavy atom. The zero-order valence-corrected chi connectivity index (χ0v) is 18.9. The number of rotatable bonds is 8. The molecule has 0 radical (unpaired) electrons. The Bertz CT molecular complexity index is 1030. The van der Waals surface area contributed by atoms with Gasteiger partial charge in [0.2, 0.25) is 0 Å². The molecule has 1 saturated heterocycles. The molecule has 1 aliphatic rings. The Labute approximate surface area is 193 Å². The summed E-state index contributed by atoms with van der Waals surface area (Å²) in [6.45, 7) is 0.107. The summed E-state index contributed by atoms with van der Waals surface area (Å²) in [7, 11) is 1.27. The van der Waals surface area contributed by atoms with Crippen molar-refractivity contribution in [2.24, 2.45) is 0 Å². The van der Waals surface area contributed by atoms with Gasteiger partial charge >= 0.3 is 5.97 Å². The van der Waals surface area contributed by atoms with Crippen molar-refractivity contribution in [3.8, 4) is 0 Å². The standard InChI is InChI=1S/C23H22BrNO7/c1-31-23(30)16-4-2-14(3-5-16)19-18(20(27)15-6-8-17(24)9-7-15)21(28)22(29)25(19)10-12-32-13-11-26/h2-9,19,26-27H,10-13H2,1H3/b20-18+. The minimum Gasteiger partial charge on any atom is -0.507 e. The van der Waals surface area contributed by atoms with Crippen LogP contribution in [0, 0.1) is 0 Å². The fourth-order valence-electron chi connectivity index (χ4n) is 3.47. The number of carbonyl (C=O) groups is 3. The Morgan fingerprint density at radius 3 is 2.25 bits per heavy atom. The van der Waals surface area contributed by atoms with Gasteiger partial charge < -0.3 is 24.6 Å². The number of benzene rings is 2. The smallest absolute Gasteiger partial charge is 0.337 e. The number of aliphatic hydroxyl groups excluding tert-OH is 2. The molecule has 32 heavy (non-hydrogen) atoms. The fourth-order valence-corrected chi connectivity index (χ4v) is 3.73. The van der Waals surface area contributed by atoms with E-state index in [0.717, 1.165) is 4.47 Å². The normalized spacial score (nSPS) is 17.6. The quantitative estimate of drug-likeness (QED) is 0.187. The first-order valence-electron chi connectivity index (χ1n) is 9.80. The van der Waals surface area contributed by atoms with E-state index < -0.39 is 23.7 Å². The number of nitrogens with zero attached hydrogens (tertiary/aromatic N) is 1.